The molecule has 2 heterocycles. The average Bonchev–Trinajstić information content (AvgIpc) is 2.89. The summed E-state index contributed by atoms with van der Waals surface area (Å²) in [6.07, 6.45) is 7.73. The number of nitrogen functional groups attached to an aromatic ring is 1. The Bertz CT molecular complexity index is 987. The number of fused-ring (bicyclic) bond motifs is 1. The minimum atomic E-state index is 0.102. The first-order chi connectivity index (χ1) is 12.5. The highest BCUT2D eigenvalue weighted by atomic mass is 16.1. The van der Waals surface area contributed by atoms with E-state index < -0.39 is 0 Å². The SMILES string of the molecule is Cc1cc(NC(=O)CC2CCC2)ccc1-c1cn(C)c2ncnc(N)c12. The number of aryl methyl sites for hydroxylation is 2. The molecule has 1 aromatic carbocycles. The highest BCUT2D eigenvalue weighted by Gasteiger charge is 2.21. The molecule has 3 N–H and O–H groups in total. The summed E-state index contributed by atoms with van der Waals surface area (Å²) in [6, 6.07) is 5.97. The van der Waals surface area contributed by atoms with Crippen molar-refractivity contribution in [1.82, 2.24) is 14.5 Å². The third-order valence-corrected chi connectivity index (χ3v) is 5.28. The zero-order valence-corrected chi connectivity index (χ0v) is 15.1. The summed E-state index contributed by atoms with van der Waals surface area (Å²) in [7, 11) is 1.95. The monoisotopic (exact) mass is 349 g/mol. The summed E-state index contributed by atoms with van der Waals surface area (Å²) in [5, 5.41) is 3.88. The fraction of sp³-hybridized carbons (Fsp3) is 0.350. The van der Waals surface area contributed by atoms with Crippen molar-refractivity contribution in [2.24, 2.45) is 13.0 Å². The van der Waals surface area contributed by atoms with Crippen molar-refractivity contribution in [3.05, 3.63) is 36.3 Å². The predicted octanol–water partition coefficient (Wildman–Crippen LogP) is 3.65. The summed E-state index contributed by atoms with van der Waals surface area (Å²) in [5.74, 6) is 1.14. The number of nitrogens with one attached hydrogen (secondary N) is 1. The standard InChI is InChI=1S/C20H23N5O/c1-12-8-14(24-17(26)9-13-4-3-5-13)6-7-15(12)16-10-25(2)20-18(16)19(21)22-11-23-20/h6-8,10-11,13H,3-5,9H2,1-2H3,(H,24,26)(H2,21,22,23). The number of amides is 1. The maximum Gasteiger partial charge on any atom is 0.224 e. The lowest BCUT2D eigenvalue weighted by molar-refractivity contribution is -0.117. The first kappa shape index (κ1) is 16.6. The molecule has 6 nitrogen and oxygen atoms in total. The minimum absolute atomic E-state index is 0.102. The van der Waals surface area contributed by atoms with Gasteiger partial charge in [0.25, 0.3) is 0 Å². The topological polar surface area (TPSA) is 85.8 Å². The van der Waals surface area contributed by atoms with E-state index in [2.05, 4.69) is 15.3 Å². The molecule has 0 atom stereocenters. The number of rotatable bonds is 4. The Morgan fingerprint density at radius 2 is 2.12 bits per heavy atom. The Kier molecular flexibility index (Phi) is 4.11. The molecule has 0 saturated heterocycles. The summed E-state index contributed by atoms with van der Waals surface area (Å²) >= 11 is 0. The van der Waals surface area contributed by atoms with Gasteiger partial charge >= 0.3 is 0 Å². The minimum Gasteiger partial charge on any atom is -0.383 e. The number of hydrogen-bond donors (Lipinski definition) is 2. The fourth-order valence-electron chi connectivity index (χ4n) is 3.65. The van der Waals surface area contributed by atoms with E-state index in [-0.39, 0.29) is 5.91 Å². The molecule has 0 radical (unpaired) electrons. The molecule has 1 amide bonds. The summed E-state index contributed by atoms with van der Waals surface area (Å²) in [4.78, 5) is 20.6. The quantitative estimate of drug-likeness (QED) is 0.753. The average molecular weight is 349 g/mol. The molecule has 1 fully saturated rings. The van der Waals surface area contributed by atoms with E-state index in [1.807, 2.05) is 42.9 Å². The van der Waals surface area contributed by atoms with Crippen LogP contribution >= 0.6 is 0 Å². The van der Waals surface area contributed by atoms with Crippen LogP contribution in [0.5, 0.6) is 0 Å². The van der Waals surface area contributed by atoms with Crippen LogP contribution in [0.2, 0.25) is 0 Å². The van der Waals surface area contributed by atoms with E-state index >= 15 is 0 Å². The Morgan fingerprint density at radius 3 is 2.81 bits per heavy atom. The number of benzene rings is 1. The van der Waals surface area contributed by atoms with Gasteiger partial charge in [-0.05, 0) is 48.9 Å². The van der Waals surface area contributed by atoms with Gasteiger partial charge in [-0.1, -0.05) is 12.5 Å². The van der Waals surface area contributed by atoms with Crippen LogP contribution in [0.15, 0.2) is 30.7 Å². The van der Waals surface area contributed by atoms with Crippen molar-refractivity contribution in [2.75, 3.05) is 11.1 Å². The Morgan fingerprint density at radius 1 is 1.31 bits per heavy atom. The van der Waals surface area contributed by atoms with Gasteiger partial charge in [-0.25, -0.2) is 9.97 Å². The molecule has 0 bridgehead atoms. The zero-order valence-electron chi connectivity index (χ0n) is 15.1. The van der Waals surface area contributed by atoms with Crippen LogP contribution in [-0.4, -0.2) is 20.4 Å². The first-order valence-electron chi connectivity index (χ1n) is 8.99. The van der Waals surface area contributed by atoms with Crippen LogP contribution in [0.25, 0.3) is 22.2 Å². The van der Waals surface area contributed by atoms with Crippen molar-refractivity contribution in [3.63, 3.8) is 0 Å². The van der Waals surface area contributed by atoms with E-state index in [4.69, 9.17) is 5.73 Å². The molecule has 134 valence electrons. The maximum absolute atomic E-state index is 12.2. The Labute approximate surface area is 152 Å². The van der Waals surface area contributed by atoms with Crippen LogP contribution < -0.4 is 11.1 Å². The molecule has 0 spiro atoms. The summed E-state index contributed by atoms with van der Waals surface area (Å²) in [5.41, 5.74) is 10.9. The lowest BCUT2D eigenvalue weighted by Gasteiger charge is -2.24. The predicted molar refractivity (Wildman–Crippen MR) is 104 cm³/mol. The van der Waals surface area contributed by atoms with Crippen LogP contribution in [-0.2, 0) is 11.8 Å². The number of carbonyl (C=O) groups excluding carboxylic acids is 1. The molecule has 6 heteroatoms. The second kappa shape index (κ2) is 6.44. The Hall–Kier alpha value is -2.89. The van der Waals surface area contributed by atoms with Crippen molar-refractivity contribution < 1.29 is 4.79 Å². The molecule has 0 unspecified atom stereocenters. The molecule has 4 rings (SSSR count). The number of nitrogens with zero attached hydrogens (tertiary/aromatic N) is 3. The van der Waals surface area contributed by atoms with Gasteiger partial charge in [-0.2, -0.15) is 0 Å². The van der Waals surface area contributed by atoms with Gasteiger partial charge in [-0.3, -0.25) is 4.79 Å². The largest absolute Gasteiger partial charge is 0.383 e. The molecule has 3 aromatic rings. The normalized spacial score (nSPS) is 14.4. The van der Waals surface area contributed by atoms with Crippen LogP contribution in [0.1, 0.15) is 31.2 Å². The van der Waals surface area contributed by atoms with Gasteiger partial charge in [0.2, 0.25) is 5.91 Å². The van der Waals surface area contributed by atoms with Crippen molar-refractivity contribution >= 4 is 28.4 Å². The summed E-state index contributed by atoms with van der Waals surface area (Å²) in [6.45, 7) is 2.04. The highest BCUT2D eigenvalue weighted by molar-refractivity contribution is 6.01. The van der Waals surface area contributed by atoms with Crippen LogP contribution in [0.3, 0.4) is 0 Å². The number of anilines is 2. The second-order valence-corrected chi connectivity index (χ2v) is 7.19. The van der Waals surface area contributed by atoms with Crippen molar-refractivity contribution in [2.45, 2.75) is 32.6 Å². The molecular weight excluding hydrogens is 326 g/mol. The van der Waals surface area contributed by atoms with Gasteiger partial charge in [-0.15, -0.1) is 0 Å². The molecule has 1 saturated carbocycles. The molecule has 2 aromatic heterocycles. The first-order valence-corrected chi connectivity index (χ1v) is 8.99. The maximum atomic E-state index is 12.2. The van der Waals surface area contributed by atoms with E-state index in [0.29, 0.717) is 18.2 Å². The third kappa shape index (κ3) is 2.92. The van der Waals surface area contributed by atoms with Crippen LogP contribution in [0, 0.1) is 12.8 Å². The Balaban J connectivity index is 1.63. The van der Waals surface area contributed by atoms with Crippen molar-refractivity contribution in [1.29, 1.82) is 0 Å². The third-order valence-electron chi connectivity index (χ3n) is 5.28. The van der Waals surface area contributed by atoms with E-state index in [1.165, 1.54) is 25.6 Å². The second-order valence-electron chi connectivity index (χ2n) is 7.19. The molecule has 26 heavy (non-hydrogen) atoms. The number of nitrogens with two attached hydrogens (primary N) is 1. The zero-order chi connectivity index (χ0) is 18.3. The van der Waals surface area contributed by atoms with Gasteiger partial charge < -0.3 is 15.6 Å². The van der Waals surface area contributed by atoms with Gasteiger partial charge in [0, 0.05) is 30.9 Å². The number of hydrogen-bond acceptors (Lipinski definition) is 4. The van der Waals surface area contributed by atoms with E-state index in [0.717, 1.165) is 33.4 Å². The number of carbonyl (C=O) groups is 1. The number of aromatic nitrogens is 3. The summed E-state index contributed by atoms with van der Waals surface area (Å²) < 4.78 is 1.95. The van der Waals surface area contributed by atoms with Gasteiger partial charge in [0.15, 0.2) is 0 Å². The molecule has 1 aliphatic rings. The molecule has 0 aliphatic heterocycles. The van der Waals surface area contributed by atoms with Crippen molar-refractivity contribution in [3.8, 4) is 11.1 Å². The van der Waals surface area contributed by atoms with Crippen LogP contribution in [0.4, 0.5) is 11.5 Å². The highest BCUT2D eigenvalue weighted by Crippen LogP contribution is 2.35. The van der Waals surface area contributed by atoms with E-state index in [1.54, 1.807) is 0 Å². The lowest BCUT2D eigenvalue weighted by atomic mass is 9.83. The van der Waals surface area contributed by atoms with E-state index in [9.17, 15) is 4.79 Å². The fourth-order valence-corrected chi connectivity index (χ4v) is 3.65. The van der Waals surface area contributed by atoms with Gasteiger partial charge in [0.05, 0.1) is 5.39 Å². The molecule has 1 aliphatic carbocycles. The molecular formula is C20H23N5O. The smallest absolute Gasteiger partial charge is 0.224 e. The van der Waals surface area contributed by atoms with Gasteiger partial charge in [0.1, 0.15) is 17.8 Å². The lowest BCUT2D eigenvalue weighted by Crippen LogP contribution is -2.20.